The number of hydrogen-bond donors (Lipinski definition) is 0. The van der Waals surface area contributed by atoms with Crippen molar-refractivity contribution in [2.75, 3.05) is 18.6 Å². The van der Waals surface area contributed by atoms with Crippen LogP contribution in [0.5, 0.6) is 0 Å². The standard InChI is InChI=1S/C17H15FN2O2/c1-19(10-12-5-3-2-4-6-12)11-20-15-8-7-13(18)9-14(15)16(21)17(20)22/h2-9H,10-11H2,1H3. The van der Waals surface area contributed by atoms with E-state index in [-0.39, 0.29) is 12.2 Å². The summed E-state index contributed by atoms with van der Waals surface area (Å²) in [5.41, 5.74) is 1.72. The quantitative estimate of drug-likeness (QED) is 0.814. The zero-order valence-electron chi connectivity index (χ0n) is 12.1. The summed E-state index contributed by atoms with van der Waals surface area (Å²) in [4.78, 5) is 27.3. The molecular weight excluding hydrogens is 283 g/mol. The summed E-state index contributed by atoms with van der Waals surface area (Å²) >= 11 is 0. The highest BCUT2D eigenvalue weighted by Gasteiger charge is 2.36. The van der Waals surface area contributed by atoms with E-state index >= 15 is 0 Å². The number of hydrogen-bond acceptors (Lipinski definition) is 3. The monoisotopic (exact) mass is 298 g/mol. The maximum absolute atomic E-state index is 13.2. The van der Waals surface area contributed by atoms with E-state index in [0.717, 1.165) is 11.6 Å². The fourth-order valence-corrected chi connectivity index (χ4v) is 2.60. The van der Waals surface area contributed by atoms with Gasteiger partial charge in [-0.3, -0.25) is 19.4 Å². The van der Waals surface area contributed by atoms with E-state index in [1.165, 1.54) is 17.0 Å². The summed E-state index contributed by atoms with van der Waals surface area (Å²) in [6, 6.07) is 13.7. The predicted molar refractivity (Wildman–Crippen MR) is 81.0 cm³/mol. The summed E-state index contributed by atoms with van der Waals surface area (Å²) in [7, 11) is 1.87. The highest BCUT2D eigenvalue weighted by atomic mass is 19.1. The van der Waals surface area contributed by atoms with Gasteiger partial charge in [0.25, 0.3) is 5.78 Å². The molecule has 1 amide bonds. The molecule has 112 valence electrons. The summed E-state index contributed by atoms with van der Waals surface area (Å²) < 4.78 is 13.2. The fourth-order valence-electron chi connectivity index (χ4n) is 2.60. The van der Waals surface area contributed by atoms with Crippen LogP contribution in [-0.2, 0) is 11.3 Å². The molecule has 4 nitrogen and oxygen atoms in total. The van der Waals surface area contributed by atoms with Crippen molar-refractivity contribution in [3.05, 3.63) is 65.5 Å². The van der Waals surface area contributed by atoms with Gasteiger partial charge < -0.3 is 0 Å². The lowest BCUT2D eigenvalue weighted by Gasteiger charge is -2.24. The van der Waals surface area contributed by atoms with Crippen molar-refractivity contribution in [2.24, 2.45) is 0 Å². The van der Waals surface area contributed by atoms with Gasteiger partial charge in [0.15, 0.2) is 0 Å². The lowest BCUT2D eigenvalue weighted by Crippen LogP contribution is -2.38. The molecule has 0 atom stereocenters. The van der Waals surface area contributed by atoms with Crippen LogP contribution >= 0.6 is 0 Å². The Morgan fingerprint density at radius 2 is 1.82 bits per heavy atom. The molecule has 5 heteroatoms. The van der Waals surface area contributed by atoms with Crippen LogP contribution in [0.3, 0.4) is 0 Å². The van der Waals surface area contributed by atoms with Crippen LogP contribution in [0.25, 0.3) is 0 Å². The molecule has 0 radical (unpaired) electrons. The smallest absolute Gasteiger partial charge is 0.291 e. The molecule has 0 bridgehead atoms. The Morgan fingerprint density at radius 3 is 2.55 bits per heavy atom. The predicted octanol–water partition coefficient (Wildman–Crippen LogP) is 2.44. The van der Waals surface area contributed by atoms with Crippen molar-refractivity contribution in [1.82, 2.24) is 4.90 Å². The fraction of sp³-hybridized carbons (Fsp3) is 0.176. The minimum absolute atomic E-state index is 0.137. The van der Waals surface area contributed by atoms with Crippen molar-refractivity contribution < 1.29 is 14.0 Å². The first-order valence-electron chi connectivity index (χ1n) is 6.94. The normalized spacial score (nSPS) is 13.9. The number of rotatable bonds is 4. The van der Waals surface area contributed by atoms with Gasteiger partial charge in [0, 0.05) is 6.54 Å². The number of carbonyl (C=O) groups is 2. The second-order valence-electron chi connectivity index (χ2n) is 5.36. The first kappa shape index (κ1) is 14.4. The van der Waals surface area contributed by atoms with Gasteiger partial charge in [-0.05, 0) is 30.8 Å². The van der Waals surface area contributed by atoms with Gasteiger partial charge in [-0.2, -0.15) is 0 Å². The highest BCUT2D eigenvalue weighted by Crippen LogP contribution is 2.29. The Morgan fingerprint density at radius 1 is 1.09 bits per heavy atom. The number of benzene rings is 2. The third kappa shape index (κ3) is 2.63. The van der Waals surface area contributed by atoms with Crippen molar-refractivity contribution in [1.29, 1.82) is 0 Å². The molecular formula is C17H15FN2O2. The molecule has 1 aliphatic heterocycles. The van der Waals surface area contributed by atoms with Gasteiger partial charge in [-0.25, -0.2) is 4.39 Å². The van der Waals surface area contributed by atoms with Crippen molar-refractivity contribution in [2.45, 2.75) is 6.54 Å². The van der Waals surface area contributed by atoms with Crippen LogP contribution in [0, 0.1) is 5.82 Å². The Hall–Kier alpha value is -2.53. The Bertz CT molecular complexity index is 731. The third-order valence-corrected chi connectivity index (χ3v) is 3.61. The molecule has 0 unspecified atom stereocenters. The molecule has 3 rings (SSSR count). The number of nitrogens with zero attached hydrogens (tertiary/aromatic N) is 2. The summed E-state index contributed by atoms with van der Waals surface area (Å²) in [5, 5.41) is 0. The molecule has 2 aromatic rings. The van der Waals surface area contributed by atoms with Gasteiger partial charge in [0.05, 0.1) is 17.9 Å². The number of halogens is 1. The SMILES string of the molecule is CN(Cc1ccccc1)CN1C(=O)C(=O)c2cc(F)ccc21. The lowest BCUT2D eigenvalue weighted by molar-refractivity contribution is -0.114. The number of fused-ring (bicyclic) bond motifs is 1. The van der Waals surface area contributed by atoms with E-state index < -0.39 is 17.5 Å². The number of carbonyl (C=O) groups excluding carboxylic acids is 2. The number of anilines is 1. The Balaban J connectivity index is 1.78. The van der Waals surface area contributed by atoms with E-state index in [4.69, 9.17) is 0 Å². The first-order chi connectivity index (χ1) is 10.6. The maximum atomic E-state index is 13.2. The van der Waals surface area contributed by atoms with Crippen LogP contribution in [-0.4, -0.2) is 30.3 Å². The van der Waals surface area contributed by atoms with E-state index in [2.05, 4.69) is 0 Å². The summed E-state index contributed by atoms with van der Waals surface area (Å²) in [6.07, 6.45) is 0. The number of ketones is 1. The van der Waals surface area contributed by atoms with Gasteiger partial charge in [-0.1, -0.05) is 30.3 Å². The molecule has 0 N–H and O–H groups in total. The Kier molecular flexibility index (Phi) is 3.73. The lowest BCUT2D eigenvalue weighted by atomic mass is 10.1. The van der Waals surface area contributed by atoms with Crippen LogP contribution in [0.4, 0.5) is 10.1 Å². The molecule has 22 heavy (non-hydrogen) atoms. The minimum atomic E-state index is -0.650. The summed E-state index contributed by atoms with van der Waals surface area (Å²) in [6.45, 7) is 0.924. The molecule has 1 heterocycles. The average molecular weight is 298 g/mol. The third-order valence-electron chi connectivity index (χ3n) is 3.61. The number of Topliss-reactive ketones (excluding diaryl/α,β-unsaturated/α-hetero) is 1. The highest BCUT2D eigenvalue weighted by molar-refractivity contribution is 6.52. The summed E-state index contributed by atoms with van der Waals surface area (Å²) in [5.74, 6) is -1.78. The van der Waals surface area contributed by atoms with Gasteiger partial charge in [0.1, 0.15) is 5.82 Å². The largest absolute Gasteiger partial charge is 0.300 e. The van der Waals surface area contributed by atoms with E-state index in [9.17, 15) is 14.0 Å². The van der Waals surface area contributed by atoms with Gasteiger partial charge in [-0.15, -0.1) is 0 Å². The van der Waals surface area contributed by atoms with Crippen molar-refractivity contribution in [3.8, 4) is 0 Å². The first-order valence-corrected chi connectivity index (χ1v) is 6.94. The minimum Gasteiger partial charge on any atom is -0.291 e. The topological polar surface area (TPSA) is 40.6 Å². The average Bonchev–Trinajstić information content (AvgIpc) is 2.73. The Labute approximate surface area is 127 Å². The molecule has 0 saturated heterocycles. The molecule has 0 saturated carbocycles. The van der Waals surface area contributed by atoms with Gasteiger partial charge >= 0.3 is 5.91 Å². The van der Waals surface area contributed by atoms with E-state index in [1.54, 1.807) is 0 Å². The maximum Gasteiger partial charge on any atom is 0.300 e. The van der Waals surface area contributed by atoms with Gasteiger partial charge in [0.2, 0.25) is 0 Å². The second-order valence-corrected chi connectivity index (χ2v) is 5.36. The molecule has 2 aromatic carbocycles. The second kappa shape index (κ2) is 5.69. The van der Waals surface area contributed by atoms with Crippen molar-refractivity contribution in [3.63, 3.8) is 0 Å². The van der Waals surface area contributed by atoms with Crippen LogP contribution in [0.2, 0.25) is 0 Å². The number of amides is 1. The molecule has 1 aliphatic rings. The van der Waals surface area contributed by atoms with Crippen LogP contribution in [0.1, 0.15) is 15.9 Å². The molecule has 0 aromatic heterocycles. The van der Waals surface area contributed by atoms with E-state index in [1.807, 2.05) is 42.3 Å². The van der Waals surface area contributed by atoms with Crippen molar-refractivity contribution >= 4 is 17.4 Å². The zero-order chi connectivity index (χ0) is 15.7. The molecule has 0 aliphatic carbocycles. The molecule has 0 spiro atoms. The van der Waals surface area contributed by atoms with Crippen LogP contribution < -0.4 is 4.90 Å². The van der Waals surface area contributed by atoms with Crippen LogP contribution in [0.15, 0.2) is 48.5 Å². The zero-order valence-corrected chi connectivity index (χ0v) is 12.1. The van der Waals surface area contributed by atoms with E-state index in [0.29, 0.717) is 12.2 Å². The molecule has 0 fully saturated rings.